The smallest absolute Gasteiger partial charge is 0.326 e. The van der Waals surface area contributed by atoms with E-state index in [0.29, 0.717) is 18.7 Å². The van der Waals surface area contributed by atoms with Gasteiger partial charge in [-0.1, -0.05) is 18.2 Å². The number of anilines is 1. The normalized spacial score (nSPS) is 15.6. The Morgan fingerprint density at radius 3 is 2.64 bits per heavy atom. The van der Waals surface area contributed by atoms with Gasteiger partial charge in [0.15, 0.2) is 0 Å². The Morgan fingerprint density at radius 1 is 1.27 bits per heavy atom. The molecule has 0 bridgehead atoms. The van der Waals surface area contributed by atoms with Gasteiger partial charge in [0, 0.05) is 13.5 Å². The van der Waals surface area contributed by atoms with Crippen molar-refractivity contribution < 1.29 is 18.0 Å². The highest BCUT2D eigenvalue weighted by molar-refractivity contribution is 7.91. The number of amides is 2. The molecule has 0 unspecified atom stereocenters. The maximum absolute atomic E-state index is 12.4. The van der Waals surface area contributed by atoms with Crippen molar-refractivity contribution in [3.05, 3.63) is 29.8 Å². The second-order valence-electron chi connectivity index (χ2n) is 5.20. The molecule has 0 saturated heterocycles. The minimum absolute atomic E-state index is 0.314. The molecule has 1 aliphatic heterocycles. The highest BCUT2D eigenvalue weighted by Crippen LogP contribution is 2.28. The van der Waals surface area contributed by atoms with Crippen LogP contribution in [0.1, 0.15) is 25.8 Å². The van der Waals surface area contributed by atoms with E-state index < -0.39 is 28.1 Å². The highest BCUT2D eigenvalue weighted by atomic mass is 32.2. The van der Waals surface area contributed by atoms with E-state index in [0.717, 1.165) is 12.0 Å². The van der Waals surface area contributed by atoms with Gasteiger partial charge in [0.05, 0.1) is 5.69 Å². The molecule has 7 nitrogen and oxygen atoms in total. The number of benzene rings is 1. The lowest BCUT2D eigenvalue weighted by molar-refractivity contribution is -0.126. The van der Waals surface area contributed by atoms with Gasteiger partial charge in [-0.3, -0.25) is 13.9 Å². The maximum atomic E-state index is 12.4. The van der Waals surface area contributed by atoms with Gasteiger partial charge in [-0.15, -0.1) is 0 Å². The molecule has 0 aromatic heterocycles. The molecule has 0 aliphatic carbocycles. The highest BCUT2D eigenvalue weighted by Gasteiger charge is 2.30. The molecule has 1 aromatic carbocycles. The van der Waals surface area contributed by atoms with Crippen molar-refractivity contribution in [2.45, 2.75) is 32.7 Å². The van der Waals surface area contributed by atoms with Crippen LogP contribution in [0.25, 0.3) is 0 Å². The molecular formula is C14H19N3O4S. The Kier molecular flexibility index (Phi) is 4.70. The first kappa shape index (κ1) is 16.3. The van der Waals surface area contributed by atoms with E-state index in [1.165, 1.54) is 18.2 Å². The summed E-state index contributed by atoms with van der Waals surface area (Å²) in [6.07, 6.45) is 1.49. The van der Waals surface area contributed by atoms with Gasteiger partial charge in [-0.05, 0) is 31.4 Å². The molecule has 120 valence electrons. The summed E-state index contributed by atoms with van der Waals surface area (Å²) in [4.78, 5) is 22.9. The number of carbonyl (C=O) groups is 2. The standard InChI is InChI=1S/C14H19N3O4S/c1-10(15-11(2)18)14(19)16-22(20,21)17-9-5-7-12-6-3-4-8-13(12)17/h3-4,6,8,10H,5,7,9H2,1-2H3,(H,15,18)(H,16,19)/t10-/m1/s1. The first-order valence-corrected chi connectivity index (χ1v) is 8.44. The van der Waals surface area contributed by atoms with Crippen LogP contribution in [-0.4, -0.2) is 32.8 Å². The van der Waals surface area contributed by atoms with Crippen molar-refractivity contribution in [3.63, 3.8) is 0 Å². The van der Waals surface area contributed by atoms with Crippen molar-refractivity contribution >= 4 is 27.7 Å². The number of rotatable bonds is 4. The number of hydrogen-bond acceptors (Lipinski definition) is 4. The lowest BCUT2D eigenvalue weighted by atomic mass is 10.0. The summed E-state index contributed by atoms with van der Waals surface area (Å²) >= 11 is 0. The fraction of sp³-hybridized carbons (Fsp3) is 0.429. The average molecular weight is 325 g/mol. The SMILES string of the molecule is CC(=O)N[C@H](C)C(=O)NS(=O)(=O)N1CCCc2ccccc21. The van der Waals surface area contributed by atoms with Gasteiger partial charge in [0.25, 0.3) is 5.91 Å². The lowest BCUT2D eigenvalue weighted by Gasteiger charge is -2.30. The monoisotopic (exact) mass is 325 g/mol. The third kappa shape index (κ3) is 3.56. The van der Waals surface area contributed by atoms with Crippen molar-refractivity contribution in [2.75, 3.05) is 10.8 Å². The average Bonchev–Trinajstić information content (AvgIpc) is 2.45. The molecular weight excluding hydrogens is 306 g/mol. The van der Waals surface area contributed by atoms with E-state index in [1.807, 2.05) is 16.9 Å². The van der Waals surface area contributed by atoms with Crippen LogP contribution in [0.4, 0.5) is 5.69 Å². The van der Waals surface area contributed by atoms with Gasteiger partial charge in [0.2, 0.25) is 5.91 Å². The summed E-state index contributed by atoms with van der Waals surface area (Å²) in [7, 11) is -3.99. The molecule has 2 N–H and O–H groups in total. The van der Waals surface area contributed by atoms with Gasteiger partial charge >= 0.3 is 10.2 Å². The van der Waals surface area contributed by atoms with E-state index in [1.54, 1.807) is 12.1 Å². The number of nitrogens with one attached hydrogen (secondary N) is 2. The summed E-state index contributed by atoms with van der Waals surface area (Å²) < 4.78 is 28.1. The number of hydrogen-bond donors (Lipinski definition) is 2. The number of fused-ring (bicyclic) bond motifs is 1. The fourth-order valence-electron chi connectivity index (χ4n) is 2.39. The third-order valence-corrected chi connectivity index (χ3v) is 4.82. The molecule has 1 atom stereocenters. The molecule has 0 fully saturated rings. The zero-order valence-electron chi connectivity index (χ0n) is 12.5. The van der Waals surface area contributed by atoms with Gasteiger partial charge < -0.3 is 5.32 Å². The second kappa shape index (κ2) is 6.35. The van der Waals surface area contributed by atoms with Crippen molar-refractivity contribution in [2.24, 2.45) is 0 Å². The molecule has 0 radical (unpaired) electrons. The van der Waals surface area contributed by atoms with Crippen LogP contribution in [0.15, 0.2) is 24.3 Å². The van der Waals surface area contributed by atoms with E-state index in [9.17, 15) is 18.0 Å². The molecule has 0 spiro atoms. The zero-order valence-corrected chi connectivity index (χ0v) is 13.3. The van der Waals surface area contributed by atoms with E-state index >= 15 is 0 Å². The van der Waals surface area contributed by atoms with Crippen LogP contribution in [-0.2, 0) is 26.2 Å². The summed E-state index contributed by atoms with van der Waals surface area (Å²) in [5.74, 6) is -1.17. The van der Waals surface area contributed by atoms with Crippen LogP contribution < -0.4 is 14.3 Å². The summed E-state index contributed by atoms with van der Waals surface area (Å²) in [5, 5.41) is 2.35. The number of nitrogens with zero attached hydrogens (tertiary/aromatic N) is 1. The summed E-state index contributed by atoms with van der Waals surface area (Å²) in [5.41, 5.74) is 1.52. The van der Waals surface area contributed by atoms with Crippen LogP contribution in [0, 0.1) is 0 Å². The van der Waals surface area contributed by atoms with Gasteiger partial charge in [-0.2, -0.15) is 8.42 Å². The zero-order chi connectivity index (χ0) is 16.3. The molecule has 2 rings (SSSR count). The minimum atomic E-state index is -3.99. The van der Waals surface area contributed by atoms with Crippen LogP contribution in [0.3, 0.4) is 0 Å². The quantitative estimate of drug-likeness (QED) is 0.833. The van der Waals surface area contributed by atoms with Crippen molar-refractivity contribution in [3.8, 4) is 0 Å². The maximum Gasteiger partial charge on any atom is 0.326 e. The number of carbonyl (C=O) groups excluding carboxylic acids is 2. The predicted molar refractivity (Wildman–Crippen MR) is 82.5 cm³/mol. The Balaban J connectivity index is 2.18. The van der Waals surface area contributed by atoms with E-state index in [4.69, 9.17) is 0 Å². The Hall–Kier alpha value is -2.09. The molecule has 1 aliphatic rings. The number of para-hydroxylation sites is 1. The van der Waals surface area contributed by atoms with Crippen LogP contribution in [0.5, 0.6) is 0 Å². The topological polar surface area (TPSA) is 95.6 Å². The fourth-order valence-corrected chi connectivity index (χ4v) is 3.74. The van der Waals surface area contributed by atoms with Gasteiger partial charge in [0.1, 0.15) is 6.04 Å². The molecule has 2 amide bonds. The van der Waals surface area contributed by atoms with Crippen LogP contribution >= 0.6 is 0 Å². The predicted octanol–water partition coefficient (Wildman–Crippen LogP) is 0.325. The Bertz CT molecular complexity index is 687. The van der Waals surface area contributed by atoms with Gasteiger partial charge in [-0.25, -0.2) is 4.72 Å². The van der Waals surface area contributed by atoms with E-state index in [2.05, 4.69) is 5.32 Å². The molecule has 22 heavy (non-hydrogen) atoms. The third-order valence-electron chi connectivity index (χ3n) is 3.40. The molecule has 0 saturated carbocycles. The summed E-state index contributed by atoms with van der Waals surface area (Å²) in [6, 6.07) is 6.28. The summed E-state index contributed by atoms with van der Waals surface area (Å²) in [6.45, 7) is 3.00. The minimum Gasteiger partial charge on any atom is -0.345 e. The van der Waals surface area contributed by atoms with E-state index in [-0.39, 0.29) is 0 Å². The lowest BCUT2D eigenvalue weighted by Crippen LogP contribution is -2.51. The first-order chi connectivity index (χ1) is 10.3. The molecule has 1 heterocycles. The van der Waals surface area contributed by atoms with Crippen molar-refractivity contribution in [1.82, 2.24) is 10.0 Å². The molecule has 8 heteroatoms. The largest absolute Gasteiger partial charge is 0.345 e. The molecule has 1 aromatic rings. The number of aryl methyl sites for hydroxylation is 1. The Morgan fingerprint density at radius 2 is 1.95 bits per heavy atom. The first-order valence-electron chi connectivity index (χ1n) is 7.00. The second-order valence-corrected chi connectivity index (χ2v) is 6.79. The van der Waals surface area contributed by atoms with Crippen molar-refractivity contribution in [1.29, 1.82) is 0 Å². The van der Waals surface area contributed by atoms with Crippen LogP contribution in [0.2, 0.25) is 0 Å². The Labute approximate surface area is 129 Å².